The fourth-order valence-corrected chi connectivity index (χ4v) is 4.23. The van der Waals surface area contributed by atoms with E-state index in [1.165, 1.54) is 15.3 Å². The average molecular weight is 332 g/mol. The molecule has 2 heterocycles. The molecular formula is C18H24N2O2S. The molecule has 1 saturated heterocycles. The van der Waals surface area contributed by atoms with Crippen LogP contribution in [0.4, 0.5) is 0 Å². The predicted octanol–water partition coefficient (Wildman–Crippen LogP) is 3.07. The zero-order valence-corrected chi connectivity index (χ0v) is 14.8. The fourth-order valence-electron chi connectivity index (χ4n) is 3.20. The van der Waals surface area contributed by atoms with E-state index in [1.807, 2.05) is 23.5 Å². The summed E-state index contributed by atoms with van der Waals surface area (Å²) in [5.74, 6) is 1.63. The number of thiophene rings is 1. The number of rotatable bonds is 5. The monoisotopic (exact) mass is 332 g/mol. The lowest BCUT2D eigenvalue weighted by Crippen LogP contribution is -2.45. The van der Waals surface area contributed by atoms with Gasteiger partial charge >= 0.3 is 0 Å². The first-order valence-corrected chi connectivity index (χ1v) is 8.78. The molecule has 1 fully saturated rings. The van der Waals surface area contributed by atoms with Crippen LogP contribution in [-0.4, -0.2) is 45.3 Å². The van der Waals surface area contributed by atoms with Crippen LogP contribution in [0.5, 0.6) is 11.5 Å². The molecule has 0 bridgehead atoms. The van der Waals surface area contributed by atoms with Crippen molar-refractivity contribution in [2.24, 2.45) is 0 Å². The number of benzene rings is 1. The fraction of sp³-hybridized carbons (Fsp3) is 0.444. The van der Waals surface area contributed by atoms with Gasteiger partial charge in [-0.15, -0.1) is 11.3 Å². The van der Waals surface area contributed by atoms with Crippen molar-refractivity contribution in [1.82, 2.24) is 10.2 Å². The highest BCUT2D eigenvalue weighted by Gasteiger charge is 2.28. The van der Waals surface area contributed by atoms with Gasteiger partial charge in [0.2, 0.25) is 0 Å². The summed E-state index contributed by atoms with van der Waals surface area (Å²) in [4.78, 5) is 5.22. The Morgan fingerprint density at radius 2 is 1.87 bits per heavy atom. The topological polar surface area (TPSA) is 33.7 Å². The number of para-hydroxylation sites is 1. The highest BCUT2D eigenvalue weighted by Crippen LogP contribution is 2.41. The molecule has 3 rings (SSSR count). The zero-order chi connectivity index (χ0) is 16.2. The molecule has 1 unspecified atom stereocenters. The van der Waals surface area contributed by atoms with Crippen LogP contribution in [0.2, 0.25) is 0 Å². The molecule has 5 heteroatoms. The Labute approximate surface area is 142 Å². The summed E-state index contributed by atoms with van der Waals surface area (Å²) in [7, 11) is 3.41. The number of nitrogens with zero attached hydrogens (tertiary/aromatic N) is 1. The molecule has 1 aliphatic rings. The van der Waals surface area contributed by atoms with Gasteiger partial charge in [0.25, 0.3) is 0 Å². The Morgan fingerprint density at radius 3 is 2.48 bits per heavy atom. The van der Waals surface area contributed by atoms with Crippen LogP contribution in [-0.2, 0) is 0 Å². The molecule has 1 aromatic heterocycles. The molecule has 2 aromatic rings. The van der Waals surface area contributed by atoms with Gasteiger partial charge in [-0.1, -0.05) is 12.1 Å². The van der Waals surface area contributed by atoms with E-state index in [9.17, 15) is 0 Å². The molecule has 1 aliphatic heterocycles. The van der Waals surface area contributed by atoms with Crippen LogP contribution in [0.15, 0.2) is 30.3 Å². The third kappa shape index (κ3) is 3.37. The summed E-state index contributed by atoms with van der Waals surface area (Å²) < 4.78 is 11.2. The molecule has 1 N–H and O–H groups in total. The highest BCUT2D eigenvalue weighted by atomic mass is 32.1. The number of piperazine rings is 1. The van der Waals surface area contributed by atoms with Crippen molar-refractivity contribution in [3.8, 4) is 11.5 Å². The van der Waals surface area contributed by atoms with Crippen molar-refractivity contribution in [2.45, 2.75) is 13.0 Å². The molecule has 1 aromatic carbocycles. The lowest BCUT2D eigenvalue weighted by atomic mass is 10.0. The predicted molar refractivity (Wildman–Crippen MR) is 94.9 cm³/mol. The number of ether oxygens (including phenoxy) is 2. The lowest BCUT2D eigenvalue weighted by molar-refractivity contribution is 0.197. The second kappa shape index (κ2) is 7.34. The summed E-state index contributed by atoms with van der Waals surface area (Å²) in [6.45, 7) is 6.26. The van der Waals surface area contributed by atoms with E-state index >= 15 is 0 Å². The summed E-state index contributed by atoms with van der Waals surface area (Å²) in [5.41, 5.74) is 1.18. The second-order valence-corrected chi connectivity index (χ2v) is 7.04. The van der Waals surface area contributed by atoms with E-state index in [4.69, 9.17) is 9.47 Å². The van der Waals surface area contributed by atoms with Gasteiger partial charge in [-0.25, -0.2) is 0 Å². The molecule has 1 atom stereocenters. The van der Waals surface area contributed by atoms with Gasteiger partial charge in [-0.2, -0.15) is 0 Å². The van der Waals surface area contributed by atoms with Gasteiger partial charge in [-0.3, -0.25) is 4.90 Å². The summed E-state index contributed by atoms with van der Waals surface area (Å²) in [6.07, 6.45) is 0. The largest absolute Gasteiger partial charge is 0.493 e. The molecule has 0 saturated carbocycles. The first kappa shape index (κ1) is 16.3. The van der Waals surface area contributed by atoms with Crippen molar-refractivity contribution in [3.63, 3.8) is 0 Å². The molecule has 0 aliphatic carbocycles. The minimum atomic E-state index is 0.209. The third-order valence-corrected chi connectivity index (χ3v) is 5.33. The first-order chi connectivity index (χ1) is 11.2. The van der Waals surface area contributed by atoms with Crippen molar-refractivity contribution in [2.75, 3.05) is 40.4 Å². The Balaban J connectivity index is 2.08. The lowest BCUT2D eigenvalue weighted by Gasteiger charge is -2.35. The molecule has 0 amide bonds. The number of nitrogens with one attached hydrogen (secondary N) is 1. The van der Waals surface area contributed by atoms with Crippen LogP contribution in [0, 0.1) is 6.92 Å². The normalized spacial score (nSPS) is 17.0. The number of aryl methyl sites for hydroxylation is 1. The average Bonchev–Trinajstić information content (AvgIpc) is 3.01. The maximum absolute atomic E-state index is 5.70. The molecule has 0 spiro atoms. The number of hydrogen-bond acceptors (Lipinski definition) is 5. The van der Waals surface area contributed by atoms with E-state index in [0.29, 0.717) is 0 Å². The molecule has 124 valence electrons. The van der Waals surface area contributed by atoms with Crippen molar-refractivity contribution in [3.05, 3.63) is 45.6 Å². The van der Waals surface area contributed by atoms with E-state index in [0.717, 1.165) is 37.7 Å². The van der Waals surface area contributed by atoms with E-state index in [2.05, 4.69) is 35.3 Å². The first-order valence-electron chi connectivity index (χ1n) is 7.96. The van der Waals surface area contributed by atoms with Gasteiger partial charge in [0, 0.05) is 41.5 Å². The van der Waals surface area contributed by atoms with Crippen LogP contribution in [0.3, 0.4) is 0 Å². The van der Waals surface area contributed by atoms with Gasteiger partial charge in [0.05, 0.1) is 20.3 Å². The smallest absolute Gasteiger partial charge is 0.165 e. The van der Waals surface area contributed by atoms with Gasteiger partial charge in [-0.05, 0) is 25.1 Å². The standard InChI is InChI=1S/C18H24N2O2S/c1-13-7-8-16(23-13)17(20-11-9-19-10-12-20)14-5-4-6-15(21-2)18(14)22-3/h4-8,17,19H,9-12H2,1-3H3. The quantitative estimate of drug-likeness (QED) is 0.912. The summed E-state index contributed by atoms with van der Waals surface area (Å²) >= 11 is 1.86. The van der Waals surface area contributed by atoms with E-state index in [-0.39, 0.29) is 6.04 Å². The molecule has 0 radical (unpaired) electrons. The minimum absolute atomic E-state index is 0.209. The van der Waals surface area contributed by atoms with Gasteiger partial charge in [0.1, 0.15) is 0 Å². The maximum atomic E-state index is 5.70. The summed E-state index contributed by atoms with van der Waals surface area (Å²) in [5, 5.41) is 3.43. The minimum Gasteiger partial charge on any atom is -0.493 e. The highest BCUT2D eigenvalue weighted by molar-refractivity contribution is 7.12. The Morgan fingerprint density at radius 1 is 1.09 bits per heavy atom. The number of methoxy groups -OCH3 is 2. The second-order valence-electron chi connectivity index (χ2n) is 5.72. The van der Waals surface area contributed by atoms with Gasteiger partial charge in [0.15, 0.2) is 11.5 Å². The Kier molecular flexibility index (Phi) is 5.20. The molecule has 4 nitrogen and oxygen atoms in total. The molecular weight excluding hydrogens is 308 g/mol. The van der Waals surface area contributed by atoms with Crippen molar-refractivity contribution >= 4 is 11.3 Å². The molecule has 23 heavy (non-hydrogen) atoms. The SMILES string of the molecule is COc1cccc(C(c2ccc(C)s2)N2CCNCC2)c1OC. The Bertz CT molecular complexity index is 650. The van der Waals surface area contributed by atoms with Crippen LogP contribution < -0.4 is 14.8 Å². The Hall–Kier alpha value is -1.56. The van der Waals surface area contributed by atoms with Crippen LogP contribution in [0.1, 0.15) is 21.4 Å². The number of hydrogen-bond donors (Lipinski definition) is 1. The van der Waals surface area contributed by atoms with E-state index < -0.39 is 0 Å². The third-order valence-electron chi connectivity index (χ3n) is 4.28. The van der Waals surface area contributed by atoms with Crippen LogP contribution in [0.25, 0.3) is 0 Å². The van der Waals surface area contributed by atoms with Crippen LogP contribution >= 0.6 is 11.3 Å². The van der Waals surface area contributed by atoms with Gasteiger partial charge < -0.3 is 14.8 Å². The zero-order valence-electron chi connectivity index (χ0n) is 14.0. The van der Waals surface area contributed by atoms with E-state index in [1.54, 1.807) is 14.2 Å². The van der Waals surface area contributed by atoms with Crippen molar-refractivity contribution < 1.29 is 9.47 Å². The summed E-state index contributed by atoms with van der Waals surface area (Å²) in [6, 6.07) is 10.8. The van der Waals surface area contributed by atoms with Crippen molar-refractivity contribution in [1.29, 1.82) is 0 Å². The maximum Gasteiger partial charge on any atom is 0.165 e.